The number of aromatic hydroxyl groups is 8. The van der Waals surface area contributed by atoms with E-state index in [1.165, 1.54) is 0 Å². The van der Waals surface area contributed by atoms with Gasteiger partial charge in [0.05, 0.1) is 17.2 Å². The fraction of sp³-hybridized carbons (Fsp3) is 0.233. The van der Waals surface area contributed by atoms with Crippen molar-refractivity contribution in [1.82, 2.24) is 0 Å². The predicted octanol–water partition coefficient (Wildman–Crippen LogP) is 1.64. The number of phenolic OH excluding ortho intramolecular Hbond substituents is 8. The van der Waals surface area contributed by atoms with E-state index in [2.05, 4.69) is 0 Å². The number of aliphatic hydroxyl groups excluding tert-OH is 2. The number of esters is 2. The summed E-state index contributed by atoms with van der Waals surface area (Å²) in [5, 5.41) is 102. The summed E-state index contributed by atoms with van der Waals surface area (Å²) in [7, 11) is 0. The quantitative estimate of drug-likeness (QED) is 0.0766. The first kappa shape index (κ1) is 32.5. The van der Waals surface area contributed by atoms with Crippen LogP contribution in [0.3, 0.4) is 0 Å². The molecule has 248 valence electrons. The van der Waals surface area contributed by atoms with Crippen molar-refractivity contribution in [3.05, 3.63) is 48.0 Å². The smallest absolute Gasteiger partial charge is 0.402 e. The second-order valence-electron chi connectivity index (χ2n) is 10.4. The molecular weight excluding hydrogens is 632 g/mol. The summed E-state index contributed by atoms with van der Waals surface area (Å²) in [4.78, 5) is 24.5. The maximum atomic E-state index is 13.1. The number of benzene rings is 3. The third-order valence-corrected chi connectivity index (χ3v) is 7.04. The van der Waals surface area contributed by atoms with E-state index >= 15 is 0 Å². The molecule has 47 heavy (non-hydrogen) atoms. The first-order chi connectivity index (χ1) is 22.1. The van der Waals surface area contributed by atoms with Gasteiger partial charge in [-0.2, -0.15) is 0 Å². The van der Waals surface area contributed by atoms with Crippen molar-refractivity contribution in [3.63, 3.8) is 0 Å². The van der Waals surface area contributed by atoms with Crippen molar-refractivity contribution in [2.75, 3.05) is 6.61 Å². The van der Waals surface area contributed by atoms with Crippen LogP contribution in [-0.2, 0) is 19.0 Å². The molecule has 0 amide bonds. The van der Waals surface area contributed by atoms with Gasteiger partial charge in [-0.1, -0.05) is 0 Å². The lowest BCUT2D eigenvalue weighted by molar-refractivity contribution is -0.277. The number of carbonyl (C=O) groups excluding carboxylic acids is 2. The molecule has 1 aliphatic rings. The number of ether oxygens (including phenoxy) is 4. The SMILES string of the molecule is CC(=O)OCC1O[C@@H](Oc2cc3c(O)cc(O)cc3[o+]c2-c2cc(O)c(O)c(O)c2)C(OC(=O)c2cc(O)c(O)c(O)c2)[C@@H](O)[C@H]1O. The molecule has 1 saturated heterocycles. The van der Waals surface area contributed by atoms with E-state index in [1.807, 2.05) is 0 Å². The number of carbonyl (C=O) groups is 2. The molecule has 1 fully saturated rings. The average Bonchev–Trinajstić information content (AvgIpc) is 3.00. The van der Waals surface area contributed by atoms with Crippen LogP contribution in [0.1, 0.15) is 17.3 Å². The van der Waals surface area contributed by atoms with Crippen molar-refractivity contribution in [2.24, 2.45) is 0 Å². The van der Waals surface area contributed by atoms with Crippen molar-refractivity contribution in [2.45, 2.75) is 37.6 Å². The van der Waals surface area contributed by atoms with Crippen LogP contribution in [0.4, 0.5) is 0 Å². The van der Waals surface area contributed by atoms with Crippen molar-refractivity contribution < 1.29 is 84.0 Å². The summed E-state index contributed by atoms with van der Waals surface area (Å²) < 4.78 is 27.8. The summed E-state index contributed by atoms with van der Waals surface area (Å²) in [5.74, 6) is -8.87. The van der Waals surface area contributed by atoms with Crippen LogP contribution in [0.15, 0.2) is 46.9 Å². The Labute approximate surface area is 262 Å². The zero-order valence-corrected chi connectivity index (χ0v) is 24.0. The fourth-order valence-electron chi connectivity index (χ4n) is 4.71. The minimum atomic E-state index is -2.01. The number of rotatable bonds is 7. The van der Waals surface area contributed by atoms with E-state index in [0.29, 0.717) is 0 Å². The van der Waals surface area contributed by atoms with E-state index in [0.717, 1.165) is 49.4 Å². The van der Waals surface area contributed by atoms with Gasteiger partial charge in [0.1, 0.15) is 41.8 Å². The van der Waals surface area contributed by atoms with E-state index in [9.17, 15) is 60.7 Å². The second kappa shape index (κ2) is 12.5. The molecule has 2 unspecified atom stereocenters. The molecule has 0 aliphatic carbocycles. The third-order valence-electron chi connectivity index (χ3n) is 7.04. The van der Waals surface area contributed by atoms with Gasteiger partial charge in [-0.3, -0.25) is 4.79 Å². The molecule has 1 aliphatic heterocycles. The van der Waals surface area contributed by atoms with Crippen molar-refractivity contribution in [3.8, 4) is 63.1 Å². The average molecular weight is 660 g/mol. The molecule has 0 bridgehead atoms. The molecule has 1 aromatic heterocycles. The number of fused-ring (bicyclic) bond motifs is 1. The monoisotopic (exact) mass is 659 g/mol. The van der Waals surface area contributed by atoms with Gasteiger partial charge in [-0.25, -0.2) is 9.21 Å². The van der Waals surface area contributed by atoms with Gasteiger partial charge in [-0.05, 0) is 12.1 Å². The largest absolute Gasteiger partial charge is 0.507 e. The molecule has 2 heterocycles. The van der Waals surface area contributed by atoms with Gasteiger partial charge in [-0.15, -0.1) is 0 Å². The minimum absolute atomic E-state index is 0.0646. The Morgan fingerprint density at radius 3 is 1.98 bits per heavy atom. The molecular formula is C30H27O17+. The predicted molar refractivity (Wildman–Crippen MR) is 153 cm³/mol. The number of hydrogen-bond acceptors (Lipinski definition) is 16. The normalized spacial score (nSPS) is 20.9. The van der Waals surface area contributed by atoms with Crippen LogP contribution in [0.25, 0.3) is 22.3 Å². The molecule has 5 rings (SSSR count). The lowest BCUT2D eigenvalue weighted by atomic mass is 9.98. The van der Waals surface area contributed by atoms with E-state index in [-0.39, 0.29) is 28.0 Å². The Morgan fingerprint density at radius 2 is 1.38 bits per heavy atom. The molecule has 17 nitrogen and oxygen atoms in total. The molecule has 3 aromatic carbocycles. The Morgan fingerprint density at radius 1 is 0.787 bits per heavy atom. The third kappa shape index (κ3) is 6.43. The maximum Gasteiger partial charge on any atom is 0.402 e. The van der Waals surface area contributed by atoms with Crippen LogP contribution in [-0.4, -0.2) is 100 Å². The number of hydrogen-bond donors (Lipinski definition) is 10. The second-order valence-corrected chi connectivity index (χ2v) is 10.4. The van der Waals surface area contributed by atoms with Crippen LogP contribution < -0.4 is 4.74 Å². The highest BCUT2D eigenvalue weighted by Gasteiger charge is 2.49. The fourth-order valence-corrected chi connectivity index (χ4v) is 4.71. The van der Waals surface area contributed by atoms with Gasteiger partial charge < -0.3 is 70.0 Å². The van der Waals surface area contributed by atoms with Gasteiger partial charge in [0.2, 0.25) is 12.0 Å². The minimum Gasteiger partial charge on any atom is -0.507 e. The highest BCUT2D eigenvalue weighted by Crippen LogP contribution is 2.45. The zero-order valence-electron chi connectivity index (χ0n) is 24.0. The van der Waals surface area contributed by atoms with Crippen LogP contribution >= 0.6 is 0 Å². The molecule has 0 saturated carbocycles. The maximum absolute atomic E-state index is 13.1. The highest BCUT2D eigenvalue weighted by molar-refractivity contribution is 5.91. The highest BCUT2D eigenvalue weighted by atomic mass is 16.7. The molecule has 17 heteroatoms. The van der Waals surface area contributed by atoms with E-state index < -0.39 is 101 Å². The van der Waals surface area contributed by atoms with E-state index in [1.54, 1.807) is 0 Å². The van der Waals surface area contributed by atoms with Gasteiger partial charge in [0.15, 0.2) is 40.6 Å². The van der Waals surface area contributed by atoms with Crippen LogP contribution in [0.2, 0.25) is 0 Å². The Kier molecular flexibility index (Phi) is 8.62. The Bertz CT molecular complexity index is 1830. The van der Waals surface area contributed by atoms with Gasteiger partial charge >= 0.3 is 23.3 Å². The van der Waals surface area contributed by atoms with E-state index in [4.69, 9.17) is 23.4 Å². The summed E-state index contributed by atoms with van der Waals surface area (Å²) >= 11 is 0. The standard InChI is InChI=1S/C30H26O17/c1-10(31)43-9-22-25(40)26(41)28(47-29(42)12-4-18(36)24(39)19(37)5-12)30(46-22)45-21-8-14-15(33)6-13(32)7-20(14)44-27(21)11-2-16(34)23(38)17(35)3-11/h2-8,22,25-26,28,30,40-41H,9H2,1H3,(H7-,32,33,34,35,36,37,38,39,42)/p+1/t22?,25-,26-,28?,30+/m0/s1. The number of phenols is 8. The van der Waals surface area contributed by atoms with Crippen molar-refractivity contribution >= 4 is 22.9 Å². The summed E-state index contributed by atoms with van der Waals surface area (Å²) in [6, 6.07) is 6.64. The lowest BCUT2D eigenvalue weighted by Gasteiger charge is -2.41. The molecule has 5 atom stereocenters. The summed E-state index contributed by atoms with van der Waals surface area (Å²) in [6.45, 7) is 0.463. The first-order valence-corrected chi connectivity index (χ1v) is 13.5. The Balaban J connectivity index is 1.61. The molecule has 0 spiro atoms. The van der Waals surface area contributed by atoms with Crippen molar-refractivity contribution in [1.29, 1.82) is 0 Å². The topological polar surface area (TPSA) is 285 Å². The molecule has 10 N–H and O–H groups in total. The van der Waals surface area contributed by atoms with Crippen LogP contribution in [0, 0.1) is 0 Å². The zero-order chi connectivity index (χ0) is 34.3. The summed E-state index contributed by atoms with van der Waals surface area (Å²) in [5.41, 5.74) is -0.796. The van der Waals surface area contributed by atoms with Gasteiger partial charge in [0.25, 0.3) is 0 Å². The molecule has 4 aromatic rings. The first-order valence-electron chi connectivity index (χ1n) is 13.5. The molecule has 0 radical (unpaired) electrons. The summed E-state index contributed by atoms with van der Waals surface area (Å²) in [6.07, 6.45) is -9.17. The number of aliphatic hydroxyl groups is 2. The lowest BCUT2D eigenvalue weighted by Crippen LogP contribution is -2.61. The van der Waals surface area contributed by atoms with Gasteiger partial charge in [0, 0.05) is 31.2 Å². The van der Waals surface area contributed by atoms with Crippen LogP contribution in [0.5, 0.6) is 51.7 Å². The Hall–Kier alpha value is -5.91.